The Morgan fingerprint density at radius 3 is 2.55 bits per heavy atom. The first kappa shape index (κ1) is 21.2. The van der Waals surface area contributed by atoms with Crippen LogP contribution < -0.4 is 10.6 Å². The third kappa shape index (κ3) is 4.68. The van der Waals surface area contributed by atoms with Gasteiger partial charge in [-0.1, -0.05) is 59.6 Å². The third-order valence-corrected chi connectivity index (χ3v) is 6.03. The Morgan fingerprint density at radius 2 is 1.81 bits per heavy atom. The van der Waals surface area contributed by atoms with Crippen molar-refractivity contribution in [2.75, 3.05) is 0 Å². The number of aliphatic carboxylic acids is 1. The number of carbonyl (C=O) groups excluding carboxylic acids is 1. The minimum atomic E-state index is -1.08. The second-order valence-corrected chi connectivity index (χ2v) is 8.32. The normalized spacial score (nSPS) is 19.9. The summed E-state index contributed by atoms with van der Waals surface area (Å²) in [4.78, 5) is 24.7. The number of rotatable bonds is 6. The molecule has 1 heterocycles. The van der Waals surface area contributed by atoms with Crippen molar-refractivity contribution in [3.05, 3.63) is 94.2 Å². The van der Waals surface area contributed by atoms with Crippen molar-refractivity contribution in [1.82, 2.24) is 10.6 Å². The molecule has 0 radical (unpaired) electrons. The van der Waals surface area contributed by atoms with Crippen LogP contribution in [0.4, 0.5) is 0 Å². The lowest BCUT2D eigenvalue weighted by Crippen LogP contribution is -2.41. The number of carboxylic acid groups (broad SMARTS) is 1. The van der Waals surface area contributed by atoms with E-state index in [9.17, 15) is 14.7 Å². The minimum Gasteiger partial charge on any atom is -0.480 e. The first-order valence-corrected chi connectivity index (χ1v) is 10.6. The van der Waals surface area contributed by atoms with Gasteiger partial charge in [-0.15, -0.1) is 0 Å². The SMILES string of the molecule is O=C(N[C@@H](CC1=CNC2C=CC=CC12)C(=O)O)c1ccc(Cl)c(-c2ccc(Cl)cc2)c1. The Kier molecular flexibility index (Phi) is 6.16. The molecule has 2 unspecified atom stereocenters. The number of amides is 1. The van der Waals surface area contributed by atoms with Gasteiger partial charge in [-0.2, -0.15) is 0 Å². The van der Waals surface area contributed by atoms with E-state index in [1.54, 1.807) is 30.3 Å². The molecule has 0 fully saturated rings. The number of benzene rings is 2. The van der Waals surface area contributed by atoms with E-state index in [-0.39, 0.29) is 18.4 Å². The van der Waals surface area contributed by atoms with E-state index in [2.05, 4.69) is 10.6 Å². The third-order valence-electron chi connectivity index (χ3n) is 5.45. The lowest BCUT2D eigenvalue weighted by Gasteiger charge is -2.21. The summed E-state index contributed by atoms with van der Waals surface area (Å²) in [6.07, 6.45) is 10.0. The average molecular weight is 455 g/mol. The minimum absolute atomic E-state index is 0.0933. The zero-order valence-corrected chi connectivity index (χ0v) is 17.9. The van der Waals surface area contributed by atoms with Crippen LogP contribution in [0.15, 0.2) is 78.5 Å². The van der Waals surface area contributed by atoms with Crippen LogP contribution in [0.5, 0.6) is 0 Å². The Balaban J connectivity index is 1.51. The Hall–Kier alpha value is -3.02. The summed E-state index contributed by atoms with van der Waals surface area (Å²) in [6.45, 7) is 0. The van der Waals surface area contributed by atoms with E-state index >= 15 is 0 Å². The molecule has 4 rings (SSSR count). The van der Waals surface area contributed by atoms with Crippen molar-refractivity contribution < 1.29 is 14.7 Å². The van der Waals surface area contributed by atoms with Gasteiger partial charge in [0.25, 0.3) is 5.91 Å². The van der Waals surface area contributed by atoms with Gasteiger partial charge in [-0.25, -0.2) is 4.79 Å². The number of carbonyl (C=O) groups is 2. The van der Waals surface area contributed by atoms with Gasteiger partial charge in [0.05, 0.1) is 6.04 Å². The van der Waals surface area contributed by atoms with Gasteiger partial charge >= 0.3 is 5.97 Å². The topological polar surface area (TPSA) is 78.4 Å². The molecule has 158 valence electrons. The smallest absolute Gasteiger partial charge is 0.326 e. The van der Waals surface area contributed by atoms with Crippen molar-refractivity contribution >= 4 is 35.1 Å². The summed E-state index contributed by atoms with van der Waals surface area (Å²) in [5.41, 5.74) is 2.75. The van der Waals surface area contributed by atoms with Gasteiger partial charge in [0, 0.05) is 33.5 Å². The highest BCUT2D eigenvalue weighted by molar-refractivity contribution is 6.33. The summed E-state index contributed by atoms with van der Waals surface area (Å²) in [6, 6.07) is 11.1. The van der Waals surface area contributed by atoms with Gasteiger partial charge in [0.1, 0.15) is 6.04 Å². The van der Waals surface area contributed by atoms with Crippen LogP contribution in [-0.2, 0) is 4.79 Å². The van der Waals surface area contributed by atoms with Crippen molar-refractivity contribution in [1.29, 1.82) is 0 Å². The standard InChI is InChI=1S/C24H20Cl2N2O3/c25-17-8-5-14(6-9-17)19-11-15(7-10-20(19)26)23(29)28-22(24(30)31)12-16-13-27-21-4-2-1-3-18(16)21/h1-11,13,18,21-22,27H,12H2,(H,28,29)(H,30,31)/t18?,21?,22-/m0/s1. The van der Waals surface area contributed by atoms with E-state index in [4.69, 9.17) is 23.2 Å². The number of allylic oxidation sites excluding steroid dienone is 2. The summed E-state index contributed by atoms with van der Waals surface area (Å²) in [5.74, 6) is -1.46. The molecule has 0 bridgehead atoms. The molecular weight excluding hydrogens is 435 g/mol. The molecule has 7 heteroatoms. The predicted molar refractivity (Wildman–Crippen MR) is 122 cm³/mol. The first-order valence-electron chi connectivity index (χ1n) is 9.81. The largest absolute Gasteiger partial charge is 0.480 e. The highest BCUT2D eigenvalue weighted by Crippen LogP contribution is 2.31. The second-order valence-electron chi connectivity index (χ2n) is 7.48. The maximum Gasteiger partial charge on any atom is 0.326 e. The average Bonchev–Trinajstić information content (AvgIpc) is 3.17. The molecule has 0 aromatic heterocycles. The van der Waals surface area contributed by atoms with Crippen molar-refractivity contribution in [3.63, 3.8) is 0 Å². The lowest BCUT2D eigenvalue weighted by molar-refractivity contribution is -0.139. The molecule has 2 aromatic rings. The van der Waals surface area contributed by atoms with Crippen molar-refractivity contribution in [2.45, 2.75) is 18.5 Å². The fourth-order valence-electron chi connectivity index (χ4n) is 3.81. The van der Waals surface area contributed by atoms with Crippen LogP contribution in [-0.4, -0.2) is 29.1 Å². The van der Waals surface area contributed by atoms with E-state index in [1.807, 2.05) is 42.6 Å². The molecular formula is C24H20Cl2N2O3. The second kappa shape index (κ2) is 9.00. The van der Waals surface area contributed by atoms with Gasteiger partial charge < -0.3 is 15.7 Å². The Morgan fingerprint density at radius 1 is 1.06 bits per heavy atom. The molecule has 0 spiro atoms. The number of hydrogen-bond donors (Lipinski definition) is 3. The van der Waals surface area contributed by atoms with E-state index in [0.29, 0.717) is 21.2 Å². The lowest BCUT2D eigenvalue weighted by atomic mass is 9.88. The monoisotopic (exact) mass is 454 g/mol. The fraction of sp³-hybridized carbons (Fsp3) is 0.167. The zero-order valence-electron chi connectivity index (χ0n) is 16.4. The fourth-order valence-corrected chi connectivity index (χ4v) is 4.16. The van der Waals surface area contributed by atoms with Crippen molar-refractivity contribution in [2.24, 2.45) is 5.92 Å². The first-order chi connectivity index (χ1) is 14.9. The number of fused-ring (bicyclic) bond motifs is 1. The molecule has 1 amide bonds. The van der Waals surface area contributed by atoms with Gasteiger partial charge in [-0.05, 0) is 47.7 Å². The van der Waals surface area contributed by atoms with E-state index < -0.39 is 17.9 Å². The number of halogens is 2. The molecule has 1 aliphatic heterocycles. The van der Waals surface area contributed by atoms with E-state index in [1.165, 1.54) is 0 Å². The molecule has 2 aliphatic rings. The highest BCUT2D eigenvalue weighted by Gasteiger charge is 2.31. The van der Waals surface area contributed by atoms with E-state index in [0.717, 1.165) is 11.1 Å². The number of hydrogen-bond acceptors (Lipinski definition) is 3. The molecule has 5 nitrogen and oxygen atoms in total. The Labute approximate surface area is 190 Å². The van der Waals surface area contributed by atoms with Crippen LogP contribution in [0, 0.1) is 5.92 Å². The number of carboxylic acids is 1. The van der Waals surface area contributed by atoms with Gasteiger partial charge in [0.15, 0.2) is 0 Å². The van der Waals surface area contributed by atoms with Crippen LogP contribution >= 0.6 is 23.2 Å². The number of nitrogens with one attached hydrogen (secondary N) is 2. The van der Waals surface area contributed by atoms with Crippen LogP contribution in [0.3, 0.4) is 0 Å². The predicted octanol–water partition coefficient (Wildman–Crippen LogP) is 4.83. The summed E-state index contributed by atoms with van der Waals surface area (Å²) >= 11 is 12.3. The van der Waals surface area contributed by atoms with Crippen LogP contribution in [0.2, 0.25) is 10.0 Å². The molecule has 3 N–H and O–H groups in total. The maximum absolute atomic E-state index is 12.9. The highest BCUT2D eigenvalue weighted by atomic mass is 35.5. The van der Waals surface area contributed by atoms with Crippen molar-refractivity contribution in [3.8, 4) is 11.1 Å². The van der Waals surface area contributed by atoms with Gasteiger partial charge in [0.2, 0.25) is 0 Å². The summed E-state index contributed by atoms with van der Waals surface area (Å²) < 4.78 is 0. The molecule has 2 aromatic carbocycles. The molecule has 3 atom stereocenters. The quantitative estimate of drug-likeness (QED) is 0.583. The molecule has 0 saturated heterocycles. The summed E-state index contributed by atoms with van der Waals surface area (Å²) in [5, 5.41) is 16.7. The summed E-state index contributed by atoms with van der Waals surface area (Å²) in [7, 11) is 0. The zero-order chi connectivity index (χ0) is 22.0. The molecule has 1 aliphatic carbocycles. The maximum atomic E-state index is 12.9. The van der Waals surface area contributed by atoms with Gasteiger partial charge in [-0.3, -0.25) is 4.79 Å². The van der Waals surface area contributed by atoms with Crippen LogP contribution in [0.1, 0.15) is 16.8 Å². The Bertz CT molecular complexity index is 1110. The van der Waals surface area contributed by atoms with Crippen LogP contribution in [0.25, 0.3) is 11.1 Å². The molecule has 0 saturated carbocycles. The molecule has 31 heavy (non-hydrogen) atoms.